The number of benzene rings is 3. The second kappa shape index (κ2) is 14.4. The number of rotatable bonds is 8. The molecule has 0 saturated carbocycles. The zero-order valence-electron chi connectivity index (χ0n) is 27.1. The van der Waals surface area contributed by atoms with E-state index >= 15 is 0 Å². The summed E-state index contributed by atoms with van der Waals surface area (Å²) in [5.41, 5.74) is 1.71. The van der Waals surface area contributed by atoms with Crippen molar-refractivity contribution in [2.45, 2.75) is 36.6 Å². The average molecular weight is 705 g/mol. The molecule has 0 spiro atoms. The van der Waals surface area contributed by atoms with E-state index in [0.29, 0.717) is 36.8 Å². The first kappa shape index (κ1) is 34.2. The van der Waals surface area contributed by atoms with Gasteiger partial charge in [-0.2, -0.15) is 0 Å². The lowest BCUT2D eigenvalue weighted by Gasteiger charge is -2.38. The highest BCUT2D eigenvalue weighted by Crippen LogP contribution is 2.25. The molecule has 11 nitrogen and oxygen atoms in total. The smallest absolute Gasteiger partial charge is 0.287 e. The third-order valence-corrected chi connectivity index (χ3v) is 10.4. The van der Waals surface area contributed by atoms with E-state index in [1.54, 1.807) is 29.2 Å². The molecule has 0 bridgehead atoms. The molecular formula is C36H37ClN4O7S. The van der Waals surface area contributed by atoms with Crippen LogP contribution in [0.15, 0.2) is 86.9 Å². The van der Waals surface area contributed by atoms with E-state index in [1.165, 1.54) is 18.2 Å². The first-order valence-corrected chi connectivity index (χ1v) is 18.5. The SMILES string of the molecule is CS(=O)(=O)c1ccc2oc(C(=O)N[C@H](Cc3ccc(Cl)cc3)C(=O)N3CCN(c4ccccc4C(=O)N4CCCCC4)CC3)cc(=O)c2c1. The normalized spacial score (nSPS) is 16.0. The molecule has 3 heterocycles. The number of halogens is 1. The molecule has 3 amide bonds. The number of amides is 3. The molecule has 0 radical (unpaired) electrons. The van der Waals surface area contributed by atoms with Crippen molar-refractivity contribution < 1.29 is 27.2 Å². The molecule has 4 aromatic rings. The Kier molecular flexibility index (Phi) is 10.1. The van der Waals surface area contributed by atoms with E-state index in [4.69, 9.17) is 16.0 Å². The topological polar surface area (TPSA) is 137 Å². The lowest BCUT2D eigenvalue weighted by Crippen LogP contribution is -2.56. The number of sulfone groups is 1. The van der Waals surface area contributed by atoms with Gasteiger partial charge in [0, 0.05) is 68.7 Å². The number of piperidine rings is 1. The van der Waals surface area contributed by atoms with Crippen molar-refractivity contribution in [2.24, 2.45) is 0 Å². The maximum Gasteiger partial charge on any atom is 0.287 e. The summed E-state index contributed by atoms with van der Waals surface area (Å²) in [6, 6.07) is 18.4. The molecule has 3 aromatic carbocycles. The van der Waals surface area contributed by atoms with Gasteiger partial charge in [-0.15, -0.1) is 0 Å². The summed E-state index contributed by atoms with van der Waals surface area (Å²) in [5.74, 6) is -1.35. The van der Waals surface area contributed by atoms with Crippen molar-refractivity contribution >= 4 is 55.8 Å². The first-order chi connectivity index (χ1) is 23.5. The molecule has 256 valence electrons. The second-order valence-electron chi connectivity index (χ2n) is 12.4. The maximum absolute atomic E-state index is 14.0. The van der Waals surface area contributed by atoms with Gasteiger partial charge in [0.1, 0.15) is 11.6 Å². The highest BCUT2D eigenvalue weighted by Gasteiger charge is 2.31. The van der Waals surface area contributed by atoms with Crippen LogP contribution < -0.4 is 15.6 Å². The number of nitrogens with one attached hydrogen (secondary N) is 1. The minimum Gasteiger partial charge on any atom is -0.451 e. The number of carbonyl (C=O) groups is 3. The number of likely N-dealkylation sites (tertiary alicyclic amines) is 1. The molecule has 2 saturated heterocycles. The molecular weight excluding hydrogens is 668 g/mol. The van der Waals surface area contributed by atoms with Crippen molar-refractivity contribution in [3.63, 3.8) is 0 Å². The van der Waals surface area contributed by atoms with E-state index in [2.05, 4.69) is 10.2 Å². The van der Waals surface area contributed by atoms with Gasteiger partial charge >= 0.3 is 0 Å². The summed E-state index contributed by atoms with van der Waals surface area (Å²) in [7, 11) is -3.57. The van der Waals surface area contributed by atoms with Crippen LogP contribution in [-0.2, 0) is 21.1 Å². The molecule has 0 aliphatic carbocycles. The number of carbonyl (C=O) groups excluding carboxylic acids is 3. The Bertz CT molecular complexity index is 2050. The van der Waals surface area contributed by atoms with Gasteiger partial charge in [0.05, 0.1) is 15.8 Å². The Hall–Kier alpha value is -4.68. The van der Waals surface area contributed by atoms with Crippen LogP contribution in [0.3, 0.4) is 0 Å². The lowest BCUT2D eigenvalue weighted by atomic mass is 10.0. The highest BCUT2D eigenvalue weighted by molar-refractivity contribution is 7.90. The van der Waals surface area contributed by atoms with Gasteiger partial charge in [-0.3, -0.25) is 19.2 Å². The van der Waals surface area contributed by atoms with Crippen LogP contribution in [0.1, 0.15) is 45.7 Å². The van der Waals surface area contributed by atoms with Crippen LogP contribution in [0.4, 0.5) is 5.69 Å². The van der Waals surface area contributed by atoms with Crippen LogP contribution in [0, 0.1) is 0 Å². The van der Waals surface area contributed by atoms with Crippen LogP contribution in [0.25, 0.3) is 11.0 Å². The maximum atomic E-state index is 14.0. The average Bonchev–Trinajstić information content (AvgIpc) is 3.11. The van der Waals surface area contributed by atoms with E-state index in [-0.39, 0.29) is 39.9 Å². The number of hydrogen-bond acceptors (Lipinski definition) is 8. The van der Waals surface area contributed by atoms with E-state index < -0.39 is 27.2 Å². The summed E-state index contributed by atoms with van der Waals surface area (Å²) >= 11 is 6.08. The Morgan fingerprint density at radius 2 is 1.55 bits per heavy atom. The van der Waals surface area contributed by atoms with Crippen molar-refractivity contribution in [3.8, 4) is 0 Å². The van der Waals surface area contributed by atoms with Gasteiger partial charge in [0.25, 0.3) is 11.8 Å². The van der Waals surface area contributed by atoms with Gasteiger partial charge in [0.15, 0.2) is 21.0 Å². The van der Waals surface area contributed by atoms with Gasteiger partial charge in [-0.05, 0) is 67.3 Å². The van der Waals surface area contributed by atoms with E-state index in [0.717, 1.165) is 55.9 Å². The minimum absolute atomic E-state index is 0.0188. The van der Waals surface area contributed by atoms with Gasteiger partial charge in [-0.25, -0.2) is 8.42 Å². The zero-order chi connectivity index (χ0) is 34.7. The molecule has 2 aliphatic heterocycles. The van der Waals surface area contributed by atoms with Crippen LogP contribution in [0.2, 0.25) is 5.02 Å². The summed E-state index contributed by atoms with van der Waals surface area (Å²) in [6.45, 7) is 3.22. The fraction of sp³-hybridized carbons (Fsp3) is 0.333. The second-order valence-corrected chi connectivity index (χ2v) is 14.9. The lowest BCUT2D eigenvalue weighted by molar-refractivity contribution is -0.133. The Labute approximate surface area is 289 Å². The molecule has 13 heteroatoms. The number of anilines is 1. The van der Waals surface area contributed by atoms with Crippen LogP contribution >= 0.6 is 11.6 Å². The summed E-state index contributed by atoms with van der Waals surface area (Å²) in [6.07, 6.45) is 4.32. The fourth-order valence-electron chi connectivity index (χ4n) is 6.35. The third kappa shape index (κ3) is 7.81. The largest absolute Gasteiger partial charge is 0.451 e. The molecule has 1 N–H and O–H groups in total. The zero-order valence-corrected chi connectivity index (χ0v) is 28.6. The van der Waals surface area contributed by atoms with Crippen LogP contribution in [-0.4, -0.2) is 87.5 Å². The molecule has 2 fully saturated rings. The molecule has 6 rings (SSSR count). The van der Waals surface area contributed by atoms with Crippen molar-refractivity contribution in [3.05, 3.63) is 105 Å². The summed E-state index contributed by atoms with van der Waals surface area (Å²) in [4.78, 5) is 59.6. The van der Waals surface area contributed by atoms with Gasteiger partial charge in [-0.1, -0.05) is 35.9 Å². The quantitative estimate of drug-likeness (QED) is 0.289. The van der Waals surface area contributed by atoms with Crippen molar-refractivity contribution in [1.29, 1.82) is 0 Å². The monoisotopic (exact) mass is 704 g/mol. The number of nitrogens with zero attached hydrogens (tertiary/aromatic N) is 3. The van der Waals surface area contributed by atoms with Crippen molar-refractivity contribution in [1.82, 2.24) is 15.1 Å². The minimum atomic E-state index is -3.57. The van der Waals surface area contributed by atoms with E-state index in [1.807, 2.05) is 29.2 Å². The fourth-order valence-corrected chi connectivity index (χ4v) is 7.12. The standard InChI is InChI=1S/C36H37ClN4O7S/c1-49(46,47)26-13-14-32-28(22-26)31(42)23-33(48-32)34(43)38-29(21-24-9-11-25(37)12-10-24)36(45)41-19-17-39(18-20-41)30-8-4-3-7-27(30)35(44)40-15-5-2-6-16-40/h3-4,7-14,22-23,29H,2,5-6,15-21H2,1H3,(H,38,43)/t29-/m1/s1. The number of fused-ring (bicyclic) bond motifs is 1. The molecule has 1 aromatic heterocycles. The van der Waals surface area contributed by atoms with E-state index in [9.17, 15) is 27.6 Å². The number of para-hydroxylation sites is 1. The van der Waals surface area contributed by atoms with Crippen molar-refractivity contribution in [2.75, 3.05) is 50.4 Å². The molecule has 0 unspecified atom stereocenters. The third-order valence-electron chi connectivity index (χ3n) is 9.02. The Morgan fingerprint density at radius 3 is 2.24 bits per heavy atom. The highest BCUT2D eigenvalue weighted by atomic mass is 35.5. The molecule has 1 atom stereocenters. The number of hydrogen-bond donors (Lipinski definition) is 1. The van der Waals surface area contributed by atoms with Gasteiger partial charge < -0.3 is 24.4 Å². The Balaban J connectivity index is 1.20. The van der Waals surface area contributed by atoms with Gasteiger partial charge in [0.2, 0.25) is 5.91 Å². The predicted molar refractivity (Wildman–Crippen MR) is 187 cm³/mol. The predicted octanol–water partition coefficient (Wildman–Crippen LogP) is 4.17. The summed E-state index contributed by atoms with van der Waals surface area (Å²) in [5, 5.41) is 3.32. The number of piperazine rings is 1. The summed E-state index contributed by atoms with van der Waals surface area (Å²) < 4.78 is 29.7. The molecule has 49 heavy (non-hydrogen) atoms. The Morgan fingerprint density at radius 1 is 0.857 bits per heavy atom. The van der Waals surface area contributed by atoms with Crippen LogP contribution in [0.5, 0.6) is 0 Å². The molecule has 2 aliphatic rings. The first-order valence-electron chi connectivity index (χ1n) is 16.2.